The minimum absolute atomic E-state index is 0.358. The highest BCUT2D eigenvalue weighted by Gasteiger charge is 2.41. The van der Waals surface area contributed by atoms with Gasteiger partial charge in [0, 0.05) is 29.0 Å². The predicted molar refractivity (Wildman–Crippen MR) is 119 cm³/mol. The molecule has 0 bridgehead atoms. The number of nitrogens with zero attached hydrogens (tertiary/aromatic N) is 2. The van der Waals surface area contributed by atoms with E-state index in [-0.39, 0.29) is 17.6 Å². The van der Waals surface area contributed by atoms with Crippen molar-refractivity contribution in [1.82, 2.24) is 15.1 Å². The lowest BCUT2D eigenvalue weighted by Crippen LogP contribution is -2.50. The first-order valence-electron chi connectivity index (χ1n) is 9.85. The second-order valence-corrected chi connectivity index (χ2v) is 8.50. The maximum absolute atomic E-state index is 14.7. The van der Waals surface area contributed by atoms with Crippen molar-refractivity contribution >= 4 is 29.4 Å². The fourth-order valence-electron chi connectivity index (χ4n) is 4.10. The number of rotatable bonds is 4. The number of amides is 2. The van der Waals surface area contributed by atoms with Gasteiger partial charge in [-0.15, -0.1) is 11.8 Å². The number of aryl methyl sites for hydroxylation is 3. The van der Waals surface area contributed by atoms with Crippen molar-refractivity contribution in [3.8, 4) is 0 Å². The second-order valence-electron chi connectivity index (χ2n) is 7.65. The van der Waals surface area contributed by atoms with Gasteiger partial charge in [0.1, 0.15) is 17.7 Å². The van der Waals surface area contributed by atoms with E-state index in [2.05, 4.69) is 15.7 Å². The number of aromatic nitrogens is 2. The lowest BCUT2D eigenvalue weighted by Gasteiger charge is -2.32. The molecular formula is C23H23FN4O2S. The zero-order chi connectivity index (χ0) is 22.3. The Labute approximate surface area is 184 Å². The average molecular weight is 439 g/mol. The Hall–Kier alpha value is -3.13. The number of carbonyl (C=O) groups is 2. The van der Waals surface area contributed by atoms with Gasteiger partial charge in [0.05, 0.1) is 5.69 Å². The van der Waals surface area contributed by atoms with E-state index >= 15 is 0 Å². The van der Waals surface area contributed by atoms with Crippen LogP contribution >= 0.6 is 11.8 Å². The zero-order valence-corrected chi connectivity index (χ0v) is 18.5. The summed E-state index contributed by atoms with van der Waals surface area (Å²) in [5.74, 6) is -1.10. The summed E-state index contributed by atoms with van der Waals surface area (Å²) in [6.45, 7) is 3.74. The van der Waals surface area contributed by atoms with Crippen LogP contribution in [0.5, 0.6) is 0 Å². The van der Waals surface area contributed by atoms with Crippen molar-refractivity contribution in [2.75, 3.05) is 11.6 Å². The topological polar surface area (TPSA) is 76.0 Å². The van der Waals surface area contributed by atoms with Crippen LogP contribution in [-0.2, 0) is 11.8 Å². The number of fused-ring (bicyclic) bond motifs is 1. The van der Waals surface area contributed by atoms with E-state index in [1.54, 1.807) is 48.3 Å². The van der Waals surface area contributed by atoms with Gasteiger partial charge in [0.15, 0.2) is 0 Å². The highest BCUT2D eigenvalue weighted by Crippen LogP contribution is 2.40. The van der Waals surface area contributed by atoms with E-state index in [1.165, 1.54) is 17.8 Å². The summed E-state index contributed by atoms with van der Waals surface area (Å²) in [6, 6.07) is 11.2. The van der Waals surface area contributed by atoms with Gasteiger partial charge in [-0.2, -0.15) is 5.10 Å². The first kappa shape index (κ1) is 21.1. The molecule has 2 N–H and O–H groups in total. The molecular weight excluding hydrogens is 415 g/mol. The molecule has 31 heavy (non-hydrogen) atoms. The van der Waals surface area contributed by atoms with Crippen molar-refractivity contribution in [2.24, 2.45) is 7.05 Å². The van der Waals surface area contributed by atoms with Gasteiger partial charge >= 0.3 is 0 Å². The van der Waals surface area contributed by atoms with E-state index in [0.717, 1.165) is 11.1 Å². The largest absolute Gasteiger partial charge is 0.339 e. The van der Waals surface area contributed by atoms with Gasteiger partial charge in [-0.05, 0) is 49.9 Å². The zero-order valence-electron chi connectivity index (χ0n) is 17.7. The molecule has 8 heteroatoms. The molecule has 3 aromatic rings. The van der Waals surface area contributed by atoms with Crippen LogP contribution in [0.2, 0.25) is 0 Å². The van der Waals surface area contributed by atoms with Crippen molar-refractivity contribution in [3.63, 3.8) is 0 Å². The van der Waals surface area contributed by atoms with Crippen molar-refractivity contribution < 1.29 is 14.0 Å². The Bertz CT molecular complexity index is 1190. The standard InChI is InChI=1S/C23H23FN4O2S/c1-12-6-5-7-15(10-12)22(29)25-20-19(14-8-9-17(31-4)16(24)11-14)18-13(2)27-28(3)21(18)26-23(20)30/h5-11,19-20H,1-4H3,(H,25,29)(H,26,30). The molecule has 2 aromatic carbocycles. The smallest absolute Gasteiger partial charge is 0.251 e. The van der Waals surface area contributed by atoms with E-state index in [9.17, 15) is 14.0 Å². The quantitative estimate of drug-likeness (QED) is 0.608. The first-order chi connectivity index (χ1) is 14.8. The van der Waals surface area contributed by atoms with Gasteiger partial charge < -0.3 is 10.6 Å². The molecule has 1 aromatic heterocycles. The SMILES string of the molecule is CSc1ccc(C2c3c(C)nn(C)c3NC(=O)C2NC(=O)c2cccc(C)c2)cc1F. The van der Waals surface area contributed by atoms with E-state index < -0.39 is 12.0 Å². The number of halogens is 1. The molecule has 0 radical (unpaired) electrons. The van der Waals surface area contributed by atoms with E-state index in [0.29, 0.717) is 27.5 Å². The van der Waals surface area contributed by atoms with Gasteiger partial charge in [-0.3, -0.25) is 14.3 Å². The maximum atomic E-state index is 14.7. The third-order valence-corrected chi connectivity index (χ3v) is 6.31. The monoisotopic (exact) mass is 438 g/mol. The Kier molecular flexibility index (Phi) is 5.58. The highest BCUT2D eigenvalue weighted by molar-refractivity contribution is 7.98. The number of thioether (sulfide) groups is 1. The summed E-state index contributed by atoms with van der Waals surface area (Å²) >= 11 is 1.31. The van der Waals surface area contributed by atoms with Gasteiger partial charge in [-0.25, -0.2) is 4.39 Å². The molecule has 0 saturated heterocycles. The molecule has 2 heterocycles. The summed E-state index contributed by atoms with van der Waals surface area (Å²) in [6.07, 6.45) is 1.81. The summed E-state index contributed by atoms with van der Waals surface area (Å²) in [5.41, 5.74) is 3.50. The predicted octanol–water partition coefficient (Wildman–Crippen LogP) is 3.78. The van der Waals surface area contributed by atoms with Gasteiger partial charge in [0.25, 0.3) is 5.91 Å². The fourth-order valence-corrected chi connectivity index (χ4v) is 4.56. The molecule has 0 fully saturated rings. The Morgan fingerprint density at radius 3 is 2.68 bits per heavy atom. The van der Waals surface area contributed by atoms with Crippen LogP contribution < -0.4 is 10.6 Å². The fraction of sp³-hybridized carbons (Fsp3) is 0.261. The van der Waals surface area contributed by atoms with Crippen molar-refractivity contribution in [2.45, 2.75) is 30.7 Å². The third-order valence-electron chi connectivity index (χ3n) is 5.54. The number of benzene rings is 2. The number of carbonyl (C=O) groups excluding carboxylic acids is 2. The summed E-state index contributed by atoms with van der Waals surface area (Å²) in [5, 5.41) is 10.2. The normalized spacial score (nSPS) is 17.8. The molecule has 2 amide bonds. The molecule has 1 aliphatic heterocycles. The summed E-state index contributed by atoms with van der Waals surface area (Å²) in [7, 11) is 1.74. The average Bonchev–Trinajstić information content (AvgIpc) is 3.01. The second kappa shape index (κ2) is 8.19. The molecule has 1 aliphatic rings. The minimum Gasteiger partial charge on any atom is -0.339 e. The highest BCUT2D eigenvalue weighted by atomic mass is 32.2. The molecule has 0 aliphatic carbocycles. The van der Waals surface area contributed by atoms with Crippen LogP contribution in [0.1, 0.15) is 38.7 Å². The molecule has 4 rings (SSSR count). The van der Waals surface area contributed by atoms with Crippen LogP contribution in [0.25, 0.3) is 0 Å². The number of anilines is 1. The Balaban J connectivity index is 1.80. The van der Waals surface area contributed by atoms with Crippen molar-refractivity contribution in [3.05, 3.63) is 76.2 Å². The van der Waals surface area contributed by atoms with Crippen LogP contribution in [0.15, 0.2) is 47.4 Å². The van der Waals surface area contributed by atoms with Crippen LogP contribution in [0, 0.1) is 19.7 Å². The lowest BCUT2D eigenvalue weighted by atomic mass is 9.81. The maximum Gasteiger partial charge on any atom is 0.251 e. The molecule has 0 saturated carbocycles. The van der Waals surface area contributed by atoms with Crippen molar-refractivity contribution in [1.29, 1.82) is 0 Å². The Morgan fingerprint density at radius 1 is 1.23 bits per heavy atom. The minimum atomic E-state index is -0.914. The number of hydrogen-bond donors (Lipinski definition) is 2. The van der Waals surface area contributed by atoms with Gasteiger partial charge in [-0.1, -0.05) is 23.8 Å². The van der Waals surface area contributed by atoms with Crippen LogP contribution in [0.4, 0.5) is 10.2 Å². The third kappa shape index (κ3) is 3.83. The first-order valence-corrected chi connectivity index (χ1v) is 11.1. The van der Waals surface area contributed by atoms with Gasteiger partial charge in [0.2, 0.25) is 5.91 Å². The number of hydrogen-bond acceptors (Lipinski definition) is 4. The van der Waals surface area contributed by atoms with E-state index in [1.807, 2.05) is 19.9 Å². The van der Waals surface area contributed by atoms with Crippen LogP contribution in [0.3, 0.4) is 0 Å². The summed E-state index contributed by atoms with van der Waals surface area (Å²) < 4.78 is 16.3. The lowest BCUT2D eigenvalue weighted by molar-refractivity contribution is -0.118. The molecule has 160 valence electrons. The van der Waals surface area contributed by atoms with E-state index in [4.69, 9.17) is 0 Å². The molecule has 2 unspecified atom stereocenters. The summed E-state index contributed by atoms with van der Waals surface area (Å²) in [4.78, 5) is 26.6. The Morgan fingerprint density at radius 2 is 2.00 bits per heavy atom. The number of nitrogens with one attached hydrogen (secondary N) is 2. The van der Waals surface area contributed by atoms with Crippen LogP contribution in [-0.4, -0.2) is 33.9 Å². The molecule has 2 atom stereocenters. The molecule has 0 spiro atoms. The molecule has 6 nitrogen and oxygen atoms in total.